The number of urea groups is 1. The van der Waals surface area contributed by atoms with Crippen LogP contribution in [0, 0.1) is 6.92 Å². The van der Waals surface area contributed by atoms with Gasteiger partial charge in [-0.15, -0.1) is 0 Å². The summed E-state index contributed by atoms with van der Waals surface area (Å²) in [6, 6.07) is 11.9. The van der Waals surface area contributed by atoms with E-state index < -0.39 is 31.9 Å². The summed E-state index contributed by atoms with van der Waals surface area (Å²) in [5.74, 6) is -0.205. The monoisotopic (exact) mass is 500 g/mol. The Bertz CT molecular complexity index is 1120. The molecule has 0 aromatic heterocycles. The number of sulfone groups is 1. The molecule has 2 amide bonds. The van der Waals surface area contributed by atoms with Crippen molar-refractivity contribution < 1.29 is 21.6 Å². The minimum absolute atomic E-state index is 0.0232. The molecule has 1 atom stereocenters. The van der Waals surface area contributed by atoms with E-state index in [0.29, 0.717) is 0 Å². The summed E-state index contributed by atoms with van der Waals surface area (Å²) in [5, 5.41) is 0. The maximum Gasteiger partial charge on any atom is 0.331 e. The molecular weight excluding hydrogens is 480 g/mol. The summed E-state index contributed by atoms with van der Waals surface area (Å²) in [7, 11) is -7.34. The second-order valence-electron chi connectivity index (χ2n) is 7.04. The maximum absolute atomic E-state index is 12.9. The third-order valence-electron chi connectivity index (χ3n) is 4.70. The van der Waals surface area contributed by atoms with Crippen molar-refractivity contribution in [3.63, 3.8) is 0 Å². The summed E-state index contributed by atoms with van der Waals surface area (Å²) in [4.78, 5) is 14.2. The van der Waals surface area contributed by atoms with Gasteiger partial charge in [0, 0.05) is 17.1 Å². The van der Waals surface area contributed by atoms with Gasteiger partial charge in [-0.1, -0.05) is 45.8 Å². The highest BCUT2D eigenvalue weighted by Gasteiger charge is 2.36. The molecule has 29 heavy (non-hydrogen) atoms. The van der Waals surface area contributed by atoms with Gasteiger partial charge in [0.1, 0.15) is 0 Å². The van der Waals surface area contributed by atoms with Crippen LogP contribution in [0.5, 0.6) is 0 Å². The number of benzene rings is 2. The van der Waals surface area contributed by atoms with Gasteiger partial charge >= 0.3 is 6.03 Å². The van der Waals surface area contributed by atoms with Crippen molar-refractivity contribution in [3.05, 3.63) is 64.1 Å². The van der Waals surface area contributed by atoms with Crippen molar-refractivity contribution >= 4 is 41.8 Å². The molecule has 0 radical (unpaired) electrons. The van der Waals surface area contributed by atoms with Crippen LogP contribution in [0.3, 0.4) is 0 Å². The topological polar surface area (TPSA) is 101 Å². The molecule has 1 unspecified atom stereocenters. The number of hydrogen-bond acceptors (Lipinski definition) is 5. The number of carbonyl (C=O) groups excluding carboxylic acids is 1. The van der Waals surface area contributed by atoms with E-state index in [-0.39, 0.29) is 29.4 Å². The lowest BCUT2D eigenvalue weighted by Gasteiger charge is -2.28. The predicted octanol–water partition coefficient (Wildman–Crippen LogP) is 2.85. The third kappa shape index (κ3) is 5.58. The molecule has 2 aromatic carbocycles. The van der Waals surface area contributed by atoms with Gasteiger partial charge in [0.15, 0.2) is 9.84 Å². The number of carbonyl (C=O) groups is 1. The van der Waals surface area contributed by atoms with Crippen LogP contribution in [0.2, 0.25) is 0 Å². The standard InChI is InChI=1S/C19H21BrN2O5S2/c1-14-5-7-18(8-6-14)29(26,27)21-19(23)22(17-9-10-28(24,25)13-17)12-15-3-2-4-16(20)11-15/h2-8,11,17H,9-10,12-13H2,1H3,(H,21,23). The van der Waals surface area contributed by atoms with E-state index in [1.807, 2.05) is 13.0 Å². The Labute approximate surface area is 179 Å². The van der Waals surface area contributed by atoms with Crippen molar-refractivity contribution in [2.24, 2.45) is 0 Å². The zero-order valence-electron chi connectivity index (χ0n) is 15.7. The first-order chi connectivity index (χ1) is 13.6. The van der Waals surface area contributed by atoms with Crippen LogP contribution in [0.25, 0.3) is 0 Å². The molecule has 1 aliphatic heterocycles. The summed E-state index contributed by atoms with van der Waals surface area (Å²) in [6.45, 7) is 1.92. The van der Waals surface area contributed by atoms with Crippen LogP contribution >= 0.6 is 15.9 Å². The molecule has 1 fully saturated rings. The average Bonchev–Trinajstić information content (AvgIpc) is 2.99. The Hall–Kier alpha value is -1.91. The third-order valence-corrected chi connectivity index (χ3v) is 8.28. The number of rotatable bonds is 5. The van der Waals surface area contributed by atoms with Gasteiger partial charge in [0.05, 0.1) is 16.4 Å². The zero-order valence-corrected chi connectivity index (χ0v) is 18.9. The number of aryl methyl sites for hydroxylation is 1. The fourth-order valence-electron chi connectivity index (χ4n) is 3.17. The quantitative estimate of drug-likeness (QED) is 0.679. The minimum Gasteiger partial charge on any atom is -0.316 e. The average molecular weight is 501 g/mol. The zero-order chi connectivity index (χ0) is 21.2. The van der Waals surface area contributed by atoms with Gasteiger partial charge in [-0.05, 0) is 43.2 Å². The van der Waals surface area contributed by atoms with E-state index in [2.05, 4.69) is 20.7 Å². The van der Waals surface area contributed by atoms with Gasteiger partial charge in [0.2, 0.25) is 0 Å². The fraction of sp³-hybridized carbons (Fsp3) is 0.316. The van der Waals surface area contributed by atoms with Crippen LogP contribution < -0.4 is 4.72 Å². The maximum atomic E-state index is 12.9. The molecule has 2 aromatic rings. The number of halogens is 1. The molecule has 1 saturated heterocycles. The first-order valence-electron chi connectivity index (χ1n) is 8.91. The lowest BCUT2D eigenvalue weighted by molar-refractivity contribution is 0.182. The lowest BCUT2D eigenvalue weighted by atomic mass is 10.1. The van der Waals surface area contributed by atoms with Gasteiger partial charge in [0.25, 0.3) is 10.0 Å². The summed E-state index contributed by atoms with van der Waals surface area (Å²) in [6.07, 6.45) is 0.272. The minimum atomic E-state index is -4.08. The SMILES string of the molecule is Cc1ccc(S(=O)(=O)NC(=O)N(Cc2cccc(Br)c2)C2CCS(=O)(=O)C2)cc1. The molecule has 0 aliphatic carbocycles. The summed E-state index contributed by atoms with van der Waals surface area (Å²) in [5.41, 5.74) is 1.65. The Morgan fingerprint density at radius 2 is 1.90 bits per heavy atom. The van der Waals surface area contributed by atoms with Gasteiger partial charge in [-0.3, -0.25) is 0 Å². The Morgan fingerprint density at radius 1 is 1.21 bits per heavy atom. The number of nitrogens with zero attached hydrogens (tertiary/aromatic N) is 1. The van der Waals surface area contributed by atoms with E-state index in [4.69, 9.17) is 0 Å². The van der Waals surface area contributed by atoms with Crippen molar-refractivity contribution in [3.8, 4) is 0 Å². The van der Waals surface area contributed by atoms with Crippen LogP contribution in [0.15, 0.2) is 57.9 Å². The van der Waals surface area contributed by atoms with Crippen molar-refractivity contribution in [1.82, 2.24) is 9.62 Å². The smallest absolute Gasteiger partial charge is 0.316 e. The number of amides is 2. The summed E-state index contributed by atoms with van der Waals surface area (Å²) >= 11 is 3.37. The number of hydrogen-bond donors (Lipinski definition) is 1. The number of nitrogens with one attached hydrogen (secondary N) is 1. The highest BCUT2D eigenvalue weighted by atomic mass is 79.9. The molecule has 1 heterocycles. The molecule has 1 aliphatic rings. The molecule has 0 bridgehead atoms. The van der Waals surface area contributed by atoms with E-state index >= 15 is 0 Å². The van der Waals surface area contributed by atoms with E-state index in [9.17, 15) is 21.6 Å². The number of sulfonamides is 1. The van der Waals surface area contributed by atoms with Crippen LogP contribution in [-0.4, -0.2) is 45.3 Å². The van der Waals surface area contributed by atoms with Crippen molar-refractivity contribution in [2.45, 2.75) is 30.8 Å². The molecule has 156 valence electrons. The van der Waals surface area contributed by atoms with E-state index in [1.165, 1.54) is 17.0 Å². The van der Waals surface area contributed by atoms with Gasteiger partial charge < -0.3 is 4.90 Å². The second-order valence-corrected chi connectivity index (χ2v) is 11.9. The van der Waals surface area contributed by atoms with Gasteiger partial charge in [-0.25, -0.2) is 26.4 Å². The first kappa shape index (κ1) is 21.8. The summed E-state index contributed by atoms with van der Waals surface area (Å²) < 4.78 is 52.0. The van der Waals surface area contributed by atoms with E-state index in [0.717, 1.165) is 15.6 Å². The van der Waals surface area contributed by atoms with Crippen LogP contribution in [0.1, 0.15) is 17.5 Å². The van der Waals surface area contributed by atoms with E-state index in [1.54, 1.807) is 30.3 Å². The highest BCUT2D eigenvalue weighted by molar-refractivity contribution is 9.10. The Kier molecular flexibility index (Phi) is 6.35. The Morgan fingerprint density at radius 3 is 2.48 bits per heavy atom. The van der Waals surface area contributed by atoms with Gasteiger partial charge in [-0.2, -0.15) is 0 Å². The highest BCUT2D eigenvalue weighted by Crippen LogP contribution is 2.22. The largest absolute Gasteiger partial charge is 0.331 e. The second kappa shape index (κ2) is 8.45. The Balaban J connectivity index is 1.86. The van der Waals surface area contributed by atoms with Crippen LogP contribution in [-0.2, 0) is 26.4 Å². The lowest BCUT2D eigenvalue weighted by Crippen LogP contribution is -2.48. The predicted molar refractivity (Wildman–Crippen MR) is 114 cm³/mol. The molecule has 3 rings (SSSR count). The molecular formula is C19H21BrN2O5S2. The molecule has 10 heteroatoms. The normalized spacial score (nSPS) is 18.3. The molecule has 1 N–H and O–H groups in total. The molecule has 7 nitrogen and oxygen atoms in total. The van der Waals surface area contributed by atoms with Crippen molar-refractivity contribution in [2.75, 3.05) is 11.5 Å². The molecule has 0 saturated carbocycles. The molecule has 0 spiro atoms. The van der Waals surface area contributed by atoms with Crippen LogP contribution in [0.4, 0.5) is 4.79 Å². The fourth-order valence-corrected chi connectivity index (χ4v) is 6.31. The first-order valence-corrected chi connectivity index (χ1v) is 13.0. The van der Waals surface area contributed by atoms with Crippen molar-refractivity contribution in [1.29, 1.82) is 0 Å².